The monoisotopic (exact) mass is 353 g/mol. The van der Waals surface area contributed by atoms with Crippen molar-refractivity contribution in [2.45, 2.75) is 51.0 Å². The number of hydrogen-bond donors (Lipinski definition) is 2. The molecule has 4 fully saturated rings. The average molecular weight is 354 g/mol. The van der Waals surface area contributed by atoms with Crippen LogP contribution in [0.25, 0.3) is 6.08 Å². The third-order valence-corrected chi connectivity index (χ3v) is 6.24. The fourth-order valence-electron chi connectivity index (χ4n) is 5.57. The van der Waals surface area contributed by atoms with E-state index < -0.39 is 0 Å². The Morgan fingerprint density at radius 3 is 2.28 bits per heavy atom. The largest absolute Gasteiger partial charge is 0.356 e. The van der Waals surface area contributed by atoms with Gasteiger partial charge >= 0.3 is 0 Å². The fraction of sp³-hybridized carbons (Fsp3) is 0.524. The van der Waals surface area contributed by atoms with Crippen molar-refractivity contribution in [1.82, 2.24) is 10.7 Å². The molecule has 1 aromatic carbocycles. The number of hydrazone groups is 1. The summed E-state index contributed by atoms with van der Waals surface area (Å²) in [7, 11) is 0. The number of benzene rings is 1. The van der Waals surface area contributed by atoms with Crippen molar-refractivity contribution in [3.8, 4) is 0 Å². The van der Waals surface area contributed by atoms with Gasteiger partial charge in [0.15, 0.2) is 5.11 Å². The third-order valence-electron chi connectivity index (χ3n) is 6.05. The molecular weight excluding hydrogens is 326 g/mol. The van der Waals surface area contributed by atoms with Crippen LogP contribution in [0.5, 0.6) is 0 Å². The molecule has 25 heavy (non-hydrogen) atoms. The number of nitrogens with zero attached hydrogens (tertiary/aromatic N) is 1. The Hall–Kier alpha value is -1.68. The molecule has 1 aromatic rings. The predicted molar refractivity (Wildman–Crippen MR) is 108 cm³/mol. The van der Waals surface area contributed by atoms with Gasteiger partial charge in [-0.05, 0) is 86.6 Å². The minimum Gasteiger partial charge on any atom is -0.356 e. The summed E-state index contributed by atoms with van der Waals surface area (Å²) in [6, 6.07) is 10.3. The van der Waals surface area contributed by atoms with Crippen LogP contribution in [0.15, 0.2) is 41.0 Å². The summed E-state index contributed by atoms with van der Waals surface area (Å²) in [5.74, 6) is 2.75. The maximum atomic E-state index is 5.52. The SMILES string of the molecule is CC(/C=N/NC(=S)NC12CC3CC(CC(C3)C1)C2)=C\c1ccccc1. The molecule has 0 heterocycles. The highest BCUT2D eigenvalue weighted by Crippen LogP contribution is 2.55. The number of thiocarbonyl (C=S) groups is 1. The average Bonchev–Trinajstić information content (AvgIpc) is 2.53. The highest BCUT2D eigenvalue weighted by Gasteiger charge is 2.51. The Balaban J connectivity index is 1.31. The molecule has 5 rings (SSSR count). The van der Waals surface area contributed by atoms with Gasteiger partial charge in [-0.15, -0.1) is 0 Å². The first kappa shape index (κ1) is 16.8. The van der Waals surface area contributed by atoms with Crippen LogP contribution in [0.4, 0.5) is 0 Å². The normalized spacial score (nSPS) is 33.6. The quantitative estimate of drug-likeness (QED) is 0.475. The molecule has 0 amide bonds. The molecule has 3 nitrogen and oxygen atoms in total. The smallest absolute Gasteiger partial charge is 0.187 e. The molecule has 0 spiro atoms. The molecule has 0 saturated heterocycles. The number of rotatable bonds is 4. The van der Waals surface area contributed by atoms with E-state index in [0.29, 0.717) is 5.11 Å². The summed E-state index contributed by atoms with van der Waals surface area (Å²) in [6.45, 7) is 2.05. The summed E-state index contributed by atoms with van der Waals surface area (Å²) in [6.07, 6.45) is 12.2. The van der Waals surface area contributed by atoms with Crippen LogP contribution in [0.2, 0.25) is 0 Å². The Morgan fingerprint density at radius 1 is 1.08 bits per heavy atom. The lowest BCUT2D eigenvalue weighted by Gasteiger charge is -2.57. The lowest BCUT2D eigenvalue weighted by Crippen LogP contribution is -2.61. The summed E-state index contributed by atoms with van der Waals surface area (Å²) in [4.78, 5) is 0. The molecule has 0 aromatic heterocycles. The van der Waals surface area contributed by atoms with Gasteiger partial charge in [-0.2, -0.15) is 5.10 Å². The van der Waals surface area contributed by atoms with Crippen molar-refractivity contribution in [1.29, 1.82) is 0 Å². The molecule has 4 aliphatic carbocycles. The van der Waals surface area contributed by atoms with Gasteiger partial charge in [0.25, 0.3) is 0 Å². The number of allylic oxidation sites excluding steroid dienone is 1. The second kappa shape index (κ2) is 6.91. The maximum absolute atomic E-state index is 5.52. The fourth-order valence-corrected chi connectivity index (χ4v) is 5.84. The van der Waals surface area contributed by atoms with Crippen molar-refractivity contribution in [3.05, 3.63) is 41.5 Å². The topological polar surface area (TPSA) is 36.4 Å². The Morgan fingerprint density at radius 2 is 1.68 bits per heavy atom. The van der Waals surface area contributed by atoms with E-state index in [1.54, 1.807) is 0 Å². The Labute approximate surface area is 156 Å². The van der Waals surface area contributed by atoms with E-state index in [1.165, 1.54) is 44.1 Å². The number of hydrogen-bond acceptors (Lipinski definition) is 2. The minimum absolute atomic E-state index is 0.239. The molecule has 0 atom stereocenters. The van der Waals surface area contributed by atoms with Gasteiger partial charge in [0.2, 0.25) is 0 Å². The second-order valence-corrected chi connectivity index (χ2v) is 8.73. The predicted octanol–water partition coefficient (Wildman–Crippen LogP) is 4.51. The second-order valence-electron chi connectivity index (χ2n) is 8.32. The summed E-state index contributed by atoms with van der Waals surface area (Å²) < 4.78 is 0. The summed E-state index contributed by atoms with van der Waals surface area (Å²) in [5.41, 5.74) is 5.54. The molecule has 2 N–H and O–H groups in total. The van der Waals surface area contributed by atoms with E-state index in [4.69, 9.17) is 12.2 Å². The number of nitrogens with one attached hydrogen (secondary N) is 2. The van der Waals surface area contributed by atoms with Crippen molar-refractivity contribution in [2.24, 2.45) is 22.9 Å². The lowest BCUT2D eigenvalue weighted by molar-refractivity contribution is -0.0101. The highest BCUT2D eigenvalue weighted by molar-refractivity contribution is 7.80. The molecule has 0 unspecified atom stereocenters. The zero-order chi connectivity index (χ0) is 17.3. The van der Waals surface area contributed by atoms with Gasteiger partial charge in [-0.3, -0.25) is 5.43 Å². The van der Waals surface area contributed by atoms with Gasteiger partial charge < -0.3 is 5.32 Å². The first-order valence-electron chi connectivity index (χ1n) is 9.45. The summed E-state index contributed by atoms with van der Waals surface area (Å²) >= 11 is 5.52. The van der Waals surface area contributed by atoms with Gasteiger partial charge in [0.1, 0.15) is 0 Å². The molecule has 132 valence electrons. The van der Waals surface area contributed by atoms with Crippen LogP contribution < -0.4 is 10.7 Å². The van der Waals surface area contributed by atoms with Crippen LogP contribution in [0, 0.1) is 17.8 Å². The van der Waals surface area contributed by atoms with Crippen molar-refractivity contribution in [2.75, 3.05) is 0 Å². The van der Waals surface area contributed by atoms with Gasteiger partial charge in [0, 0.05) is 5.54 Å². The van der Waals surface area contributed by atoms with Crippen LogP contribution in [0.3, 0.4) is 0 Å². The molecule has 4 aliphatic rings. The van der Waals surface area contributed by atoms with Gasteiger partial charge in [-0.25, -0.2) is 0 Å². The van der Waals surface area contributed by atoms with Crippen LogP contribution in [0.1, 0.15) is 51.0 Å². The third kappa shape index (κ3) is 3.95. The van der Waals surface area contributed by atoms with Gasteiger partial charge in [0.05, 0.1) is 6.21 Å². The van der Waals surface area contributed by atoms with E-state index >= 15 is 0 Å². The minimum atomic E-state index is 0.239. The van der Waals surface area contributed by atoms with Crippen molar-refractivity contribution in [3.63, 3.8) is 0 Å². The van der Waals surface area contributed by atoms with E-state index in [1.807, 2.05) is 31.3 Å². The molecule has 4 heteroatoms. The highest BCUT2D eigenvalue weighted by atomic mass is 32.1. The molecule has 4 saturated carbocycles. The molecule has 0 aliphatic heterocycles. The Bertz CT molecular complexity index is 657. The van der Waals surface area contributed by atoms with Crippen LogP contribution in [-0.4, -0.2) is 16.9 Å². The first-order chi connectivity index (χ1) is 12.1. The standard InChI is InChI=1S/C21H27N3S/c1-15(7-16-5-3-2-4-6-16)14-22-24-20(25)23-21-11-17-8-18(12-21)10-19(9-17)13-21/h2-7,14,17-19H,8-13H2,1H3,(H2,23,24,25)/b15-7+,22-14+. The van der Waals surface area contributed by atoms with E-state index in [-0.39, 0.29) is 5.54 Å². The van der Waals surface area contributed by atoms with Crippen molar-refractivity contribution >= 4 is 29.6 Å². The van der Waals surface area contributed by atoms with Crippen LogP contribution >= 0.6 is 12.2 Å². The van der Waals surface area contributed by atoms with E-state index in [2.05, 4.69) is 34.1 Å². The zero-order valence-corrected chi connectivity index (χ0v) is 15.7. The molecule has 0 radical (unpaired) electrons. The van der Waals surface area contributed by atoms with E-state index in [9.17, 15) is 0 Å². The lowest BCUT2D eigenvalue weighted by atomic mass is 9.53. The van der Waals surface area contributed by atoms with Crippen LogP contribution in [-0.2, 0) is 0 Å². The summed E-state index contributed by atoms with van der Waals surface area (Å²) in [5, 5.41) is 8.63. The first-order valence-corrected chi connectivity index (χ1v) is 9.86. The maximum Gasteiger partial charge on any atom is 0.187 e. The Kier molecular flexibility index (Phi) is 4.63. The molecular formula is C21H27N3S. The van der Waals surface area contributed by atoms with Gasteiger partial charge in [-0.1, -0.05) is 36.4 Å². The van der Waals surface area contributed by atoms with Crippen molar-refractivity contribution < 1.29 is 0 Å². The van der Waals surface area contributed by atoms with E-state index in [0.717, 1.165) is 23.3 Å². The molecule has 4 bridgehead atoms. The zero-order valence-electron chi connectivity index (χ0n) is 14.9.